The number of aryl methyl sites for hydroxylation is 1. The second kappa shape index (κ2) is 7.74. The first kappa shape index (κ1) is 18.7. The Hall–Kier alpha value is -2.69. The summed E-state index contributed by atoms with van der Waals surface area (Å²) in [6.07, 6.45) is 6.45. The molecule has 2 aromatic rings. The van der Waals surface area contributed by atoms with Crippen LogP contribution in [0.2, 0.25) is 0 Å². The van der Waals surface area contributed by atoms with Crippen molar-refractivity contribution in [3.05, 3.63) is 65.5 Å². The van der Waals surface area contributed by atoms with E-state index in [-0.39, 0.29) is 11.8 Å². The van der Waals surface area contributed by atoms with Gasteiger partial charge in [0.25, 0.3) is 0 Å². The average molecular weight is 377 g/mol. The fourth-order valence-corrected chi connectivity index (χ4v) is 4.59. The Morgan fingerprint density at radius 1 is 1.14 bits per heavy atom. The van der Waals surface area contributed by atoms with E-state index >= 15 is 0 Å². The zero-order chi connectivity index (χ0) is 19.6. The molecule has 0 unspecified atom stereocenters. The lowest BCUT2D eigenvalue weighted by atomic mass is 9.78. The highest BCUT2D eigenvalue weighted by molar-refractivity contribution is 5.86. The molecule has 2 aliphatic rings. The van der Waals surface area contributed by atoms with Gasteiger partial charge in [-0.15, -0.1) is 0 Å². The topological polar surface area (TPSA) is 53.5 Å². The lowest BCUT2D eigenvalue weighted by molar-refractivity contribution is -0.146. The van der Waals surface area contributed by atoms with Crippen LogP contribution in [0.15, 0.2) is 48.8 Å². The molecule has 3 heterocycles. The van der Waals surface area contributed by atoms with Gasteiger partial charge in [-0.25, -0.2) is 0 Å². The number of hydrogen-bond acceptors (Lipinski definition) is 3. The molecule has 2 saturated heterocycles. The standard InChI is InChI=1S/C23H27N3O2/c1-18-5-2-6-20(13-18)16-25-11-4-8-23(22(25)28)9-12-26(17-23)21(27)14-19-7-3-10-24-15-19/h2-3,5-7,10,13,15H,4,8-9,11-12,14,16-17H2,1H3/t23-/m1/s1. The molecule has 0 radical (unpaired) electrons. The minimum absolute atomic E-state index is 0.0912. The van der Waals surface area contributed by atoms with Crippen molar-refractivity contribution in [1.82, 2.24) is 14.8 Å². The van der Waals surface area contributed by atoms with Crippen LogP contribution < -0.4 is 0 Å². The van der Waals surface area contributed by atoms with Crippen LogP contribution in [0.25, 0.3) is 0 Å². The molecule has 0 bridgehead atoms. The van der Waals surface area contributed by atoms with Gasteiger partial charge in [-0.1, -0.05) is 35.9 Å². The van der Waals surface area contributed by atoms with Gasteiger partial charge in [0.1, 0.15) is 0 Å². The summed E-state index contributed by atoms with van der Waals surface area (Å²) >= 11 is 0. The van der Waals surface area contributed by atoms with Gasteiger partial charge in [-0.2, -0.15) is 0 Å². The van der Waals surface area contributed by atoms with Crippen molar-refractivity contribution in [2.75, 3.05) is 19.6 Å². The molecule has 2 aliphatic heterocycles. The second-order valence-corrected chi connectivity index (χ2v) is 8.20. The van der Waals surface area contributed by atoms with Crippen LogP contribution >= 0.6 is 0 Å². The number of nitrogens with zero attached hydrogens (tertiary/aromatic N) is 3. The van der Waals surface area contributed by atoms with Crippen LogP contribution in [0.1, 0.15) is 36.0 Å². The molecule has 1 aromatic heterocycles. The highest BCUT2D eigenvalue weighted by Crippen LogP contribution is 2.40. The number of likely N-dealkylation sites (tertiary alicyclic amines) is 2. The van der Waals surface area contributed by atoms with Gasteiger partial charge in [0.15, 0.2) is 0 Å². The fraction of sp³-hybridized carbons (Fsp3) is 0.435. The molecule has 1 atom stereocenters. The monoisotopic (exact) mass is 377 g/mol. The van der Waals surface area contributed by atoms with Crippen LogP contribution in [0.3, 0.4) is 0 Å². The first-order chi connectivity index (χ1) is 13.6. The van der Waals surface area contributed by atoms with E-state index in [1.807, 2.05) is 28.0 Å². The fourth-order valence-electron chi connectivity index (χ4n) is 4.59. The van der Waals surface area contributed by atoms with Crippen LogP contribution in [0.5, 0.6) is 0 Å². The van der Waals surface area contributed by atoms with E-state index in [0.717, 1.165) is 31.4 Å². The van der Waals surface area contributed by atoms with Crippen molar-refractivity contribution < 1.29 is 9.59 Å². The van der Waals surface area contributed by atoms with Crippen LogP contribution in [0, 0.1) is 12.3 Å². The molecule has 4 rings (SSSR count). The number of piperidine rings is 1. The molecule has 0 N–H and O–H groups in total. The van der Waals surface area contributed by atoms with Gasteiger partial charge in [0.05, 0.1) is 11.8 Å². The summed E-state index contributed by atoms with van der Waals surface area (Å²) in [5.74, 6) is 0.311. The molecule has 0 aliphatic carbocycles. The number of carbonyl (C=O) groups excluding carboxylic acids is 2. The summed E-state index contributed by atoms with van der Waals surface area (Å²) in [6.45, 7) is 4.76. The molecule has 1 aromatic carbocycles. The molecule has 2 amide bonds. The zero-order valence-corrected chi connectivity index (χ0v) is 16.4. The van der Waals surface area contributed by atoms with Gasteiger partial charge in [0, 0.05) is 38.6 Å². The maximum atomic E-state index is 13.3. The number of benzene rings is 1. The van der Waals surface area contributed by atoms with Gasteiger partial charge in [-0.3, -0.25) is 14.6 Å². The van der Waals surface area contributed by atoms with Crippen LogP contribution in [-0.2, 0) is 22.6 Å². The second-order valence-electron chi connectivity index (χ2n) is 8.20. The van der Waals surface area contributed by atoms with Crippen molar-refractivity contribution in [3.8, 4) is 0 Å². The molecular formula is C23H27N3O2. The highest BCUT2D eigenvalue weighted by Gasteiger charge is 2.49. The highest BCUT2D eigenvalue weighted by atomic mass is 16.2. The third-order valence-electron chi connectivity index (χ3n) is 6.06. The summed E-state index contributed by atoms with van der Waals surface area (Å²) in [7, 11) is 0. The predicted molar refractivity (Wildman–Crippen MR) is 107 cm³/mol. The molecule has 0 saturated carbocycles. The molecule has 5 nitrogen and oxygen atoms in total. The van der Waals surface area contributed by atoms with E-state index in [1.165, 1.54) is 11.1 Å². The Kier molecular flexibility index (Phi) is 5.16. The normalized spacial score (nSPS) is 22.1. The number of rotatable bonds is 4. The lowest BCUT2D eigenvalue weighted by Crippen LogP contribution is -2.50. The van der Waals surface area contributed by atoms with E-state index in [4.69, 9.17) is 0 Å². The number of amides is 2. The third kappa shape index (κ3) is 3.79. The molecule has 146 valence electrons. The Balaban J connectivity index is 1.43. The maximum Gasteiger partial charge on any atom is 0.230 e. The first-order valence-corrected chi connectivity index (χ1v) is 10.1. The van der Waals surface area contributed by atoms with Gasteiger partial charge < -0.3 is 9.80 Å². The van der Waals surface area contributed by atoms with E-state index in [9.17, 15) is 9.59 Å². The minimum atomic E-state index is -0.396. The van der Waals surface area contributed by atoms with Crippen LogP contribution in [0.4, 0.5) is 0 Å². The zero-order valence-electron chi connectivity index (χ0n) is 16.4. The molecule has 28 heavy (non-hydrogen) atoms. The summed E-state index contributed by atoms with van der Waals surface area (Å²) in [4.78, 5) is 34.0. The van der Waals surface area contributed by atoms with E-state index < -0.39 is 5.41 Å². The van der Waals surface area contributed by atoms with E-state index in [2.05, 4.69) is 30.1 Å². The van der Waals surface area contributed by atoms with Gasteiger partial charge in [-0.05, 0) is 43.4 Å². The number of aromatic nitrogens is 1. The quantitative estimate of drug-likeness (QED) is 0.823. The van der Waals surface area contributed by atoms with Crippen molar-refractivity contribution in [2.24, 2.45) is 5.41 Å². The first-order valence-electron chi connectivity index (χ1n) is 10.1. The Morgan fingerprint density at radius 2 is 2.00 bits per heavy atom. The average Bonchev–Trinajstić information content (AvgIpc) is 3.12. The minimum Gasteiger partial charge on any atom is -0.341 e. The smallest absolute Gasteiger partial charge is 0.230 e. The van der Waals surface area contributed by atoms with Gasteiger partial charge in [0.2, 0.25) is 11.8 Å². The van der Waals surface area contributed by atoms with E-state index in [0.29, 0.717) is 26.1 Å². The van der Waals surface area contributed by atoms with Crippen molar-refractivity contribution in [3.63, 3.8) is 0 Å². The third-order valence-corrected chi connectivity index (χ3v) is 6.06. The van der Waals surface area contributed by atoms with Crippen molar-refractivity contribution in [2.45, 2.75) is 39.2 Å². The molecular weight excluding hydrogens is 350 g/mol. The summed E-state index contributed by atoms with van der Waals surface area (Å²) in [5.41, 5.74) is 2.91. The largest absolute Gasteiger partial charge is 0.341 e. The predicted octanol–water partition coefficient (Wildman–Crippen LogP) is 2.97. The van der Waals surface area contributed by atoms with Crippen LogP contribution in [-0.4, -0.2) is 46.2 Å². The molecule has 2 fully saturated rings. The SMILES string of the molecule is Cc1cccc(CN2CCC[C@]3(CCN(C(=O)Cc4cccnc4)C3)C2=O)c1. The molecule has 1 spiro atoms. The lowest BCUT2D eigenvalue weighted by Gasteiger charge is -2.39. The Labute approximate surface area is 166 Å². The van der Waals surface area contributed by atoms with Gasteiger partial charge >= 0.3 is 0 Å². The van der Waals surface area contributed by atoms with Crippen molar-refractivity contribution >= 4 is 11.8 Å². The number of hydrogen-bond donors (Lipinski definition) is 0. The molecule has 5 heteroatoms. The number of pyridine rings is 1. The number of carbonyl (C=O) groups is 2. The Bertz CT molecular complexity index is 867. The Morgan fingerprint density at radius 3 is 2.79 bits per heavy atom. The van der Waals surface area contributed by atoms with E-state index in [1.54, 1.807) is 12.4 Å². The summed E-state index contributed by atoms with van der Waals surface area (Å²) in [6, 6.07) is 12.1. The summed E-state index contributed by atoms with van der Waals surface area (Å²) < 4.78 is 0. The van der Waals surface area contributed by atoms with Crippen molar-refractivity contribution in [1.29, 1.82) is 0 Å². The maximum absolute atomic E-state index is 13.3. The summed E-state index contributed by atoms with van der Waals surface area (Å²) in [5, 5.41) is 0.